The van der Waals surface area contributed by atoms with E-state index in [1.54, 1.807) is 0 Å². The molecule has 1 aromatic heterocycles. The van der Waals surface area contributed by atoms with Crippen LogP contribution in [0.2, 0.25) is 0 Å². The maximum absolute atomic E-state index is 13.6. The van der Waals surface area contributed by atoms with Crippen molar-refractivity contribution in [3.63, 3.8) is 0 Å². The molecule has 0 saturated heterocycles. The zero-order valence-corrected chi connectivity index (χ0v) is 18.5. The first-order chi connectivity index (χ1) is 16.0. The van der Waals surface area contributed by atoms with Crippen molar-refractivity contribution in [3.05, 3.63) is 99.6 Å². The van der Waals surface area contributed by atoms with Gasteiger partial charge in [-0.05, 0) is 30.2 Å². The number of ether oxygens (including phenoxy) is 1. The van der Waals surface area contributed by atoms with Crippen LogP contribution in [-0.2, 0) is 11.2 Å². The first-order valence-corrected chi connectivity index (χ1v) is 10.9. The zero-order valence-electron chi connectivity index (χ0n) is 17.6. The number of carbonyl (C=O) groups is 2. The maximum atomic E-state index is 13.6. The van der Waals surface area contributed by atoms with E-state index in [0.29, 0.717) is 18.1 Å². The summed E-state index contributed by atoms with van der Waals surface area (Å²) in [6.45, 7) is 0.304. The van der Waals surface area contributed by atoms with Gasteiger partial charge in [0.05, 0.1) is 27.8 Å². The van der Waals surface area contributed by atoms with Crippen LogP contribution < -0.4 is 4.90 Å². The van der Waals surface area contributed by atoms with E-state index in [4.69, 9.17) is 4.74 Å². The standard InChI is InChI=1S/C24H19N3O5S/c1-32-23(29)18-13-17(14-19(15-18)27(30)31)22(28)26(12-11-16-7-3-2-4-8-16)24-25-20-9-5-6-10-21(20)33-24/h2-10,13-15H,11-12H2,1H3. The van der Waals surface area contributed by atoms with Crippen molar-refractivity contribution in [2.45, 2.75) is 6.42 Å². The van der Waals surface area contributed by atoms with Gasteiger partial charge in [0.25, 0.3) is 11.6 Å². The molecule has 33 heavy (non-hydrogen) atoms. The number of amides is 1. The zero-order chi connectivity index (χ0) is 23.4. The monoisotopic (exact) mass is 461 g/mol. The third-order valence-corrected chi connectivity index (χ3v) is 6.08. The fraction of sp³-hybridized carbons (Fsp3) is 0.125. The molecule has 166 valence electrons. The van der Waals surface area contributed by atoms with E-state index in [1.807, 2.05) is 54.6 Å². The van der Waals surface area contributed by atoms with Crippen molar-refractivity contribution in [2.24, 2.45) is 0 Å². The van der Waals surface area contributed by atoms with Crippen LogP contribution in [0.3, 0.4) is 0 Å². The minimum Gasteiger partial charge on any atom is -0.465 e. The molecular formula is C24H19N3O5S. The second-order valence-corrected chi connectivity index (χ2v) is 8.18. The van der Waals surface area contributed by atoms with E-state index < -0.39 is 16.8 Å². The lowest BCUT2D eigenvalue weighted by atomic mass is 10.1. The largest absolute Gasteiger partial charge is 0.465 e. The highest BCUT2D eigenvalue weighted by Gasteiger charge is 2.25. The van der Waals surface area contributed by atoms with E-state index in [-0.39, 0.29) is 16.8 Å². The molecule has 0 bridgehead atoms. The summed E-state index contributed by atoms with van der Waals surface area (Å²) in [4.78, 5) is 42.5. The van der Waals surface area contributed by atoms with E-state index in [9.17, 15) is 19.7 Å². The van der Waals surface area contributed by atoms with Gasteiger partial charge in [0.1, 0.15) is 0 Å². The van der Waals surface area contributed by atoms with Gasteiger partial charge in [0.2, 0.25) is 0 Å². The van der Waals surface area contributed by atoms with E-state index in [1.165, 1.54) is 29.4 Å². The lowest BCUT2D eigenvalue weighted by Gasteiger charge is -2.20. The molecule has 0 atom stereocenters. The Bertz CT molecular complexity index is 1300. The molecule has 3 aromatic carbocycles. The number of nitrogens with zero attached hydrogens (tertiary/aromatic N) is 3. The number of anilines is 1. The van der Waals surface area contributed by atoms with Crippen LogP contribution in [0.5, 0.6) is 0 Å². The molecule has 8 nitrogen and oxygen atoms in total. The summed E-state index contributed by atoms with van der Waals surface area (Å²) in [6, 6.07) is 20.8. The molecule has 4 rings (SSSR count). The average molecular weight is 461 g/mol. The SMILES string of the molecule is COC(=O)c1cc(C(=O)N(CCc2ccccc2)c2nc3ccccc3s2)cc([N+](=O)[O-])c1. The molecule has 0 aliphatic rings. The molecule has 0 radical (unpaired) electrons. The van der Waals surface area contributed by atoms with Crippen LogP contribution in [0.1, 0.15) is 26.3 Å². The molecule has 0 saturated carbocycles. The van der Waals surface area contributed by atoms with E-state index in [0.717, 1.165) is 27.9 Å². The van der Waals surface area contributed by atoms with Gasteiger partial charge >= 0.3 is 5.97 Å². The van der Waals surface area contributed by atoms with Gasteiger partial charge in [0, 0.05) is 24.2 Å². The topological polar surface area (TPSA) is 103 Å². The fourth-order valence-electron chi connectivity index (χ4n) is 3.38. The predicted octanol–water partition coefficient (Wildman–Crippen LogP) is 4.88. The summed E-state index contributed by atoms with van der Waals surface area (Å²) >= 11 is 1.36. The number of nitro benzene ring substituents is 1. The number of thiazole rings is 1. The van der Waals surface area contributed by atoms with Gasteiger partial charge in [-0.3, -0.25) is 19.8 Å². The number of esters is 1. The van der Waals surface area contributed by atoms with Crippen molar-refractivity contribution in [2.75, 3.05) is 18.6 Å². The first kappa shape index (κ1) is 22.1. The number of benzene rings is 3. The van der Waals surface area contributed by atoms with E-state index in [2.05, 4.69) is 4.98 Å². The van der Waals surface area contributed by atoms with Crippen LogP contribution in [0, 0.1) is 10.1 Å². The summed E-state index contributed by atoms with van der Waals surface area (Å²) in [6.07, 6.45) is 0.557. The van der Waals surface area contributed by atoms with Gasteiger partial charge in [0.15, 0.2) is 5.13 Å². The number of non-ortho nitro benzene ring substituents is 1. The van der Waals surface area contributed by atoms with Crippen molar-refractivity contribution < 1.29 is 19.2 Å². The average Bonchev–Trinajstić information content (AvgIpc) is 3.27. The fourth-order valence-corrected chi connectivity index (χ4v) is 4.37. The molecule has 0 aliphatic carbocycles. The number of rotatable bonds is 7. The quantitative estimate of drug-likeness (QED) is 0.221. The van der Waals surface area contributed by atoms with Gasteiger partial charge in [-0.15, -0.1) is 0 Å². The van der Waals surface area contributed by atoms with Gasteiger partial charge < -0.3 is 4.74 Å². The number of hydrogen-bond donors (Lipinski definition) is 0. The van der Waals surface area contributed by atoms with Crippen molar-refractivity contribution in [3.8, 4) is 0 Å². The Labute approximate surface area is 193 Å². The number of hydrogen-bond acceptors (Lipinski definition) is 7. The van der Waals surface area contributed by atoms with Gasteiger partial charge in [-0.1, -0.05) is 53.8 Å². The highest BCUT2D eigenvalue weighted by Crippen LogP contribution is 2.30. The molecule has 1 amide bonds. The Hall–Kier alpha value is -4.11. The Kier molecular flexibility index (Phi) is 6.41. The highest BCUT2D eigenvalue weighted by molar-refractivity contribution is 7.22. The van der Waals surface area contributed by atoms with E-state index >= 15 is 0 Å². The Balaban J connectivity index is 1.75. The number of aromatic nitrogens is 1. The van der Waals surface area contributed by atoms with Gasteiger partial charge in [-0.25, -0.2) is 9.78 Å². The summed E-state index contributed by atoms with van der Waals surface area (Å²) in [5.41, 5.74) is 1.36. The molecular weight excluding hydrogens is 442 g/mol. The first-order valence-electron chi connectivity index (χ1n) is 10.1. The molecule has 9 heteroatoms. The molecule has 1 heterocycles. The molecule has 4 aromatic rings. The van der Waals surface area contributed by atoms with Crippen molar-refractivity contribution in [1.82, 2.24) is 4.98 Å². The Morgan fingerprint density at radius 1 is 1.03 bits per heavy atom. The molecule has 0 fully saturated rings. The minimum atomic E-state index is -0.761. The van der Waals surface area contributed by atoms with Crippen LogP contribution >= 0.6 is 11.3 Å². The molecule has 0 N–H and O–H groups in total. The van der Waals surface area contributed by atoms with Crippen LogP contribution in [-0.4, -0.2) is 35.4 Å². The smallest absolute Gasteiger partial charge is 0.338 e. The Morgan fingerprint density at radius 3 is 2.42 bits per heavy atom. The predicted molar refractivity (Wildman–Crippen MR) is 126 cm³/mol. The van der Waals surface area contributed by atoms with Crippen LogP contribution in [0.4, 0.5) is 10.8 Å². The summed E-state index contributed by atoms with van der Waals surface area (Å²) < 4.78 is 5.62. The maximum Gasteiger partial charge on any atom is 0.338 e. The normalized spacial score (nSPS) is 10.7. The lowest BCUT2D eigenvalue weighted by Crippen LogP contribution is -2.33. The Morgan fingerprint density at radius 2 is 1.73 bits per heavy atom. The molecule has 0 spiro atoms. The number of fused-ring (bicyclic) bond motifs is 1. The van der Waals surface area contributed by atoms with Crippen LogP contribution in [0.25, 0.3) is 10.2 Å². The van der Waals surface area contributed by atoms with Crippen LogP contribution in [0.15, 0.2) is 72.8 Å². The summed E-state index contributed by atoms with van der Waals surface area (Å²) in [5, 5.41) is 11.9. The van der Waals surface area contributed by atoms with Crippen molar-refractivity contribution >= 4 is 44.2 Å². The second-order valence-electron chi connectivity index (χ2n) is 7.17. The summed E-state index contributed by atoms with van der Waals surface area (Å²) in [7, 11) is 1.18. The third-order valence-electron chi connectivity index (χ3n) is 5.02. The third kappa shape index (κ3) is 4.88. The number of nitro groups is 1. The number of methoxy groups -OCH3 is 1. The number of para-hydroxylation sites is 1. The lowest BCUT2D eigenvalue weighted by molar-refractivity contribution is -0.384. The summed E-state index contributed by atoms with van der Waals surface area (Å²) in [5.74, 6) is -1.25. The highest BCUT2D eigenvalue weighted by atomic mass is 32.1. The number of carbonyl (C=O) groups excluding carboxylic acids is 2. The minimum absolute atomic E-state index is 0.0110. The molecule has 0 aliphatic heterocycles. The van der Waals surface area contributed by atoms with Gasteiger partial charge in [-0.2, -0.15) is 0 Å². The second kappa shape index (κ2) is 9.58. The van der Waals surface area contributed by atoms with Crippen molar-refractivity contribution in [1.29, 1.82) is 0 Å². The molecule has 0 unspecified atom stereocenters.